The van der Waals surface area contributed by atoms with Crippen molar-refractivity contribution in [2.24, 2.45) is 5.84 Å². The van der Waals surface area contributed by atoms with E-state index >= 15 is 0 Å². The molecule has 0 aromatic carbocycles. The standard InChI is InChI=1S/C5H9F3N4OS/c1-12-11-3(5(6,7)8)2(14-12)4(13)10-9/h4,10-11,13H,9H2,1H3. The Labute approximate surface area is 82.2 Å². The van der Waals surface area contributed by atoms with Gasteiger partial charge in [-0.05, 0) is 11.9 Å². The smallest absolute Gasteiger partial charge is 0.372 e. The Morgan fingerprint density at radius 2 is 2.21 bits per heavy atom. The highest BCUT2D eigenvalue weighted by molar-refractivity contribution is 8.01. The maximum absolute atomic E-state index is 12.3. The van der Waals surface area contributed by atoms with Crippen LogP contribution in [0.3, 0.4) is 0 Å². The zero-order chi connectivity index (χ0) is 10.9. The molecular weight excluding hydrogens is 221 g/mol. The number of rotatable bonds is 2. The fraction of sp³-hybridized carbons (Fsp3) is 0.600. The van der Waals surface area contributed by atoms with Gasteiger partial charge in [-0.25, -0.2) is 5.43 Å². The van der Waals surface area contributed by atoms with Crippen LogP contribution in [0.5, 0.6) is 0 Å². The summed E-state index contributed by atoms with van der Waals surface area (Å²) in [5.41, 5.74) is 2.89. The van der Waals surface area contributed by atoms with Crippen LogP contribution in [0.2, 0.25) is 0 Å². The molecule has 1 aliphatic heterocycles. The summed E-state index contributed by atoms with van der Waals surface area (Å²) in [6.07, 6.45) is -6.07. The normalized spacial score (nSPS) is 21.3. The van der Waals surface area contributed by atoms with Crippen LogP contribution in [0.15, 0.2) is 10.6 Å². The summed E-state index contributed by atoms with van der Waals surface area (Å²) in [5, 5.41) is 9.13. The maximum atomic E-state index is 12.3. The number of hydrazine groups is 2. The van der Waals surface area contributed by atoms with Crippen LogP contribution < -0.4 is 16.7 Å². The fourth-order valence-corrected chi connectivity index (χ4v) is 1.75. The van der Waals surface area contributed by atoms with Gasteiger partial charge in [-0.3, -0.25) is 5.84 Å². The lowest BCUT2D eigenvalue weighted by atomic mass is 10.3. The lowest BCUT2D eigenvalue weighted by Crippen LogP contribution is -2.37. The highest BCUT2D eigenvalue weighted by Gasteiger charge is 2.42. The summed E-state index contributed by atoms with van der Waals surface area (Å²) >= 11 is 0.723. The van der Waals surface area contributed by atoms with Crippen molar-refractivity contribution in [2.75, 3.05) is 7.05 Å². The number of nitrogens with zero attached hydrogens (tertiary/aromatic N) is 1. The number of nitrogens with one attached hydrogen (secondary N) is 2. The van der Waals surface area contributed by atoms with Crippen molar-refractivity contribution >= 4 is 11.9 Å². The summed E-state index contributed by atoms with van der Waals surface area (Å²) in [7, 11) is 1.40. The highest BCUT2D eigenvalue weighted by Crippen LogP contribution is 2.37. The third kappa shape index (κ3) is 2.30. The highest BCUT2D eigenvalue weighted by atomic mass is 32.2. The zero-order valence-electron chi connectivity index (χ0n) is 7.09. The molecule has 5 nitrogen and oxygen atoms in total. The molecule has 1 heterocycles. The first kappa shape index (κ1) is 11.6. The van der Waals surface area contributed by atoms with Gasteiger partial charge in [-0.15, -0.1) is 0 Å². The Balaban J connectivity index is 2.95. The topological polar surface area (TPSA) is 73.5 Å². The summed E-state index contributed by atoms with van der Waals surface area (Å²) < 4.78 is 38.1. The van der Waals surface area contributed by atoms with Crippen molar-refractivity contribution in [3.05, 3.63) is 10.6 Å². The van der Waals surface area contributed by atoms with E-state index < -0.39 is 18.1 Å². The number of nitrogens with two attached hydrogens (primary N) is 1. The number of aliphatic hydroxyl groups excluding tert-OH is 1. The molecule has 0 fully saturated rings. The second-order valence-electron chi connectivity index (χ2n) is 2.51. The van der Waals surface area contributed by atoms with Crippen molar-refractivity contribution < 1.29 is 18.3 Å². The van der Waals surface area contributed by atoms with Crippen molar-refractivity contribution in [1.82, 2.24) is 15.3 Å². The number of alkyl halides is 3. The Morgan fingerprint density at radius 1 is 1.64 bits per heavy atom. The first-order valence-electron chi connectivity index (χ1n) is 3.50. The lowest BCUT2D eigenvalue weighted by molar-refractivity contribution is -0.100. The fourth-order valence-electron chi connectivity index (χ4n) is 0.894. The third-order valence-corrected chi connectivity index (χ3v) is 2.43. The van der Waals surface area contributed by atoms with Gasteiger partial charge in [0.15, 0.2) is 6.23 Å². The second kappa shape index (κ2) is 3.95. The van der Waals surface area contributed by atoms with Crippen molar-refractivity contribution in [3.63, 3.8) is 0 Å². The van der Waals surface area contributed by atoms with Crippen LogP contribution in [-0.2, 0) is 0 Å². The molecule has 1 aliphatic rings. The largest absolute Gasteiger partial charge is 0.433 e. The van der Waals surface area contributed by atoms with Crippen molar-refractivity contribution in [2.45, 2.75) is 12.4 Å². The quantitative estimate of drug-likeness (QED) is 0.225. The van der Waals surface area contributed by atoms with E-state index in [2.05, 4.69) is 5.43 Å². The number of halogens is 3. The molecule has 0 radical (unpaired) electrons. The van der Waals surface area contributed by atoms with E-state index in [1.54, 1.807) is 0 Å². The summed E-state index contributed by atoms with van der Waals surface area (Å²) in [4.78, 5) is -0.303. The minimum atomic E-state index is -4.54. The molecule has 0 bridgehead atoms. The minimum Gasteiger partial charge on any atom is -0.372 e. The average molecular weight is 230 g/mol. The lowest BCUT2D eigenvalue weighted by Gasteiger charge is -2.12. The van der Waals surface area contributed by atoms with Crippen LogP contribution >= 0.6 is 11.9 Å². The van der Waals surface area contributed by atoms with Gasteiger partial charge in [0.05, 0.1) is 4.91 Å². The van der Waals surface area contributed by atoms with Crippen molar-refractivity contribution in [3.8, 4) is 0 Å². The molecule has 1 atom stereocenters. The van der Waals surface area contributed by atoms with Gasteiger partial charge in [-0.1, -0.05) is 0 Å². The van der Waals surface area contributed by atoms with E-state index in [0.29, 0.717) is 0 Å². The minimum absolute atomic E-state index is 0.303. The monoisotopic (exact) mass is 230 g/mol. The van der Waals surface area contributed by atoms with Gasteiger partial charge < -0.3 is 10.5 Å². The molecule has 0 saturated carbocycles. The molecular formula is C5H9F3N4OS. The number of hydrogen-bond acceptors (Lipinski definition) is 6. The molecule has 0 aliphatic carbocycles. The van der Waals surface area contributed by atoms with E-state index in [0.717, 1.165) is 16.4 Å². The number of aliphatic hydroxyl groups is 1. The molecule has 0 aromatic heterocycles. The van der Waals surface area contributed by atoms with Gasteiger partial charge in [0, 0.05) is 7.05 Å². The molecule has 0 amide bonds. The second-order valence-corrected chi connectivity index (χ2v) is 3.68. The van der Waals surface area contributed by atoms with E-state index in [9.17, 15) is 13.2 Å². The average Bonchev–Trinajstić information content (AvgIpc) is 2.45. The van der Waals surface area contributed by atoms with E-state index in [4.69, 9.17) is 10.9 Å². The molecule has 0 spiro atoms. The Morgan fingerprint density at radius 3 is 2.64 bits per heavy atom. The van der Waals surface area contributed by atoms with Crippen LogP contribution in [0, 0.1) is 0 Å². The first-order chi connectivity index (χ1) is 6.36. The number of hydrogen-bond donors (Lipinski definition) is 4. The molecule has 5 N–H and O–H groups in total. The summed E-state index contributed by atoms with van der Waals surface area (Å²) in [6.45, 7) is 0. The molecule has 82 valence electrons. The van der Waals surface area contributed by atoms with Gasteiger partial charge in [-0.2, -0.15) is 17.6 Å². The van der Waals surface area contributed by atoms with Gasteiger partial charge >= 0.3 is 6.18 Å². The molecule has 1 rings (SSSR count). The summed E-state index contributed by atoms with van der Waals surface area (Å²) in [5.74, 6) is 4.84. The zero-order valence-corrected chi connectivity index (χ0v) is 7.91. The Hall–Kier alpha value is -0.480. The Kier molecular flexibility index (Phi) is 3.27. The molecule has 0 saturated heterocycles. The van der Waals surface area contributed by atoms with Gasteiger partial charge in [0.2, 0.25) is 0 Å². The maximum Gasteiger partial charge on any atom is 0.433 e. The SMILES string of the molecule is CN1NC(C(F)(F)F)=C(C(O)NN)S1. The Bertz CT molecular complexity index is 256. The molecule has 0 aromatic rings. The van der Waals surface area contributed by atoms with E-state index in [1.807, 2.05) is 5.43 Å². The molecule has 1 unspecified atom stereocenters. The third-order valence-electron chi connectivity index (χ3n) is 1.44. The van der Waals surface area contributed by atoms with Gasteiger partial charge in [0.1, 0.15) is 5.70 Å². The predicted octanol–water partition coefficient (Wildman–Crippen LogP) is -0.360. The first-order valence-corrected chi connectivity index (χ1v) is 4.27. The van der Waals surface area contributed by atoms with Crippen LogP contribution in [0.4, 0.5) is 13.2 Å². The molecule has 14 heavy (non-hydrogen) atoms. The van der Waals surface area contributed by atoms with E-state index in [-0.39, 0.29) is 4.91 Å². The van der Waals surface area contributed by atoms with Crippen LogP contribution in [-0.4, -0.2) is 29.0 Å². The van der Waals surface area contributed by atoms with Gasteiger partial charge in [0.25, 0.3) is 0 Å². The van der Waals surface area contributed by atoms with E-state index in [1.165, 1.54) is 7.05 Å². The predicted molar refractivity (Wildman–Crippen MR) is 44.9 cm³/mol. The van der Waals surface area contributed by atoms with Crippen LogP contribution in [0.1, 0.15) is 0 Å². The van der Waals surface area contributed by atoms with Crippen LogP contribution in [0.25, 0.3) is 0 Å². The number of allylic oxidation sites excluding steroid dienone is 1. The van der Waals surface area contributed by atoms with Crippen molar-refractivity contribution in [1.29, 1.82) is 0 Å². The molecule has 9 heteroatoms. The summed E-state index contributed by atoms with van der Waals surface area (Å²) in [6, 6.07) is 0.